The molecule has 3 unspecified atom stereocenters. The van der Waals surface area contributed by atoms with Gasteiger partial charge in [-0.05, 0) is 31.8 Å². The first kappa shape index (κ1) is 28.4. The molecule has 0 radical (unpaired) electrons. The Morgan fingerprint density at radius 3 is 2.56 bits per heavy atom. The molecular formula is C29H40O10. The number of hydrogen-bond donors (Lipinski definition) is 3. The van der Waals surface area contributed by atoms with E-state index in [1.54, 1.807) is 26.0 Å². The van der Waals surface area contributed by atoms with Gasteiger partial charge < -0.3 is 39.0 Å². The summed E-state index contributed by atoms with van der Waals surface area (Å²) in [6, 6.07) is 0. The number of aliphatic hydroxyl groups excluding tert-OH is 3. The molecular weight excluding hydrogens is 508 g/mol. The summed E-state index contributed by atoms with van der Waals surface area (Å²) in [5.41, 5.74) is -1.66. The van der Waals surface area contributed by atoms with E-state index in [0.717, 1.165) is 5.57 Å². The van der Waals surface area contributed by atoms with Crippen molar-refractivity contribution in [3.63, 3.8) is 0 Å². The van der Waals surface area contributed by atoms with Gasteiger partial charge in [-0.25, -0.2) is 4.79 Å². The average molecular weight is 549 g/mol. The van der Waals surface area contributed by atoms with Crippen LogP contribution in [0.15, 0.2) is 36.0 Å². The van der Waals surface area contributed by atoms with Crippen LogP contribution in [0.3, 0.4) is 0 Å². The largest absolute Gasteiger partial charge is 0.465 e. The minimum absolute atomic E-state index is 0.0547. The number of allylic oxidation sites excluding steroid dienone is 2. The van der Waals surface area contributed by atoms with E-state index in [1.807, 2.05) is 19.9 Å². The molecule has 216 valence electrons. The van der Waals surface area contributed by atoms with E-state index in [2.05, 4.69) is 0 Å². The SMILES string of the molecule is CC1=CC2O[C@@H]3C[C@H]4OC(=O)/C=C\C=C\[C@H]([C@@H](C)O)OC[C@@H](O)[C@@H](C)CC(=O)OCC2(CC1O)[C@]4(C)[C@]31CO1. The molecule has 0 aromatic carbocycles. The highest BCUT2D eigenvalue weighted by Gasteiger charge is 2.83. The number of hydrogen-bond acceptors (Lipinski definition) is 10. The van der Waals surface area contributed by atoms with Crippen LogP contribution in [0, 0.1) is 16.7 Å². The highest BCUT2D eigenvalue weighted by atomic mass is 16.6. The molecule has 2 bridgehead atoms. The molecule has 5 aliphatic rings. The topological polar surface area (TPSA) is 144 Å². The predicted octanol–water partition coefficient (Wildman–Crippen LogP) is 1.36. The van der Waals surface area contributed by atoms with E-state index in [1.165, 1.54) is 12.2 Å². The monoisotopic (exact) mass is 548 g/mol. The molecule has 3 N–H and O–H groups in total. The molecule has 2 spiro atoms. The number of carbonyl (C=O) groups is 2. The van der Waals surface area contributed by atoms with E-state index < -0.39 is 70.9 Å². The van der Waals surface area contributed by atoms with Crippen LogP contribution in [-0.4, -0.2) is 95.4 Å². The van der Waals surface area contributed by atoms with Crippen LogP contribution < -0.4 is 0 Å². The Balaban J connectivity index is 1.52. The van der Waals surface area contributed by atoms with Gasteiger partial charge in [-0.3, -0.25) is 4.79 Å². The zero-order chi connectivity index (χ0) is 28.2. The minimum atomic E-state index is -0.969. The fraction of sp³-hybridized carbons (Fsp3) is 0.724. The lowest BCUT2D eigenvalue weighted by Crippen LogP contribution is -2.68. The Labute approximate surface area is 228 Å². The van der Waals surface area contributed by atoms with E-state index in [0.29, 0.717) is 13.0 Å². The summed E-state index contributed by atoms with van der Waals surface area (Å²) >= 11 is 0. The van der Waals surface area contributed by atoms with Gasteiger partial charge in [0, 0.05) is 17.9 Å². The number of carbonyl (C=O) groups excluding carboxylic acids is 2. The second-order valence-corrected chi connectivity index (χ2v) is 12.1. The highest BCUT2D eigenvalue weighted by Crippen LogP contribution is 2.72. The van der Waals surface area contributed by atoms with Crippen LogP contribution >= 0.6 is 0 Å². The predicted molar refractivity (Wildman–Crippen MR) is 137 cm³/mol. The molecule has 0 aromatic rings. The molecule has 10 nitrogen and oxygen atoms in total. The van der Waals surface area contributed by atoms with Gasteiger partial charge >= 0.3 is 11.9 Å². The number of rotatable bonds is 1. The van der Waals surface area contributed by atoms with Gasteiger partial charge in [0.25, 0.3) is 0 Å². The van der Waals surface area contributed by atoms with E-state index in [4.69, 9.17) is 23.7 Å². The third-order valence-electron chi connectivity index (χ3n) is 9.79. The molecule has 5 rings (SSSR count). The Bertz CT molecular complexity index is 1060. The summed E-state index contributed by atoms with van der Waals surface area (Å²) in [4.78, 5) is 26.0. The zero-order valence-corrected chi connectivity index (χ0v) is 22.9. The fourth-order valence-corrected chi connectivity index (χ4v) is 7.02. The summed E-state index contributed by atoms with van der Waals surface area (Å²) in [5, 5.41) is 31.7. The Kier molecular flexibility index (Phi) is 7.58. The van der Waals surface area contributed by atoms with Crippen LogP contribution in [0.25, 0.3) is 0 Å². The van der Waals surface area contributed by atoms with Gasteiger partial charge in [0.15, 0.2) is 0 Å². The van der Waals surface area contributed by atoms with Crippen LogP contribution in [0.5, 0.6) is 0 Å². The van der Waals surface area contributed by atoms with Crippen LogP contribution in [-0.2, 0) is 33.3 Å². The lowest BCUT2D eigenvalue weighted by atomic mass is 9.51. The Morgan fingerprint density at radius 2 is 1.87 bits per heavy atom. The second-order valence-electron chi connectivity index (χ2n) is 12.1. The van der Waals surface area contributed by atoms with Gasteiger partial charge in [0.05, 0.1) is 55.6 Å². The van der Waals surface area contributed by atoms with E-state index in [-0.39, 0.29) is 32.2 Å². The van der Waals surface area contributed by atoms with Crippen LogP contribution in [0.4, 0.5) is 0 Å². The molecule has 3 fully saturated rings. The first-order valence-electron chi connectivity index (χ1n) is 13.8. The molecule has 0 amide bonds. The minimum Gasteiger partial charge on any atom is -0.465 e. The Hall–Kier alpha value is -2.08. The maximum absolute atomic E-state index is 13.1. The highest BCUT2D eigenvalue weighted by molar-refractivity contribution is 5.82. The fourth-order valence-electron chi connectivity index (χ4n) is 7.02. The van der Waals surface area contributed by atoms with Crippen molar-refractivity contribution >= 4 is 11.9 Å². The summed E-state index contributed by atoms with van der Waals surface area (Å²) in [7, 11) is 0. The van der Waals surface area contributed by atoms with Crippen molar-refractivity contribution < 1.29 is 48.6 Å². The van der Waals surface area contributed by atoms with Crippen molar-refractivity contribution in [3.05, 3.63) is 36.0 Å². The van der Waals surface area contributed by atoms with E-state index >= 15 is 0 Å². The second kappa shape index (κ2) is 10.4. The smallest absolute Gasteiger partial charge is 0.331 e. The average Bonchev–Trinajstić information content (AvgIpc) is 3.65. The van der Waals surface area contributed by atoms with Crippen LogP contribution in [0.1, 0.15) is 47.0 Å². The third-order valence-corrected chi connectivity index (χ3v) is 9.79. The molecule has 2 saturated heterocycles. The first-order valence-corrected chi connectivity index (χ1v) is 13.8. The summed E-state index contributed by atoms with van der Waals surface area (Å²) in [6.07, 6.45) is 3.77. The number of aliphatic hydroxyl groups is 3. The molecule has 11 atom stereocenters. The zero-order valence-electron chi connectivity index (χ0n) is 22.9. The van der Waals surface area contributed by atoms with Crippen molar-refractivity contribution in [3.8, 4) is 0 Å². The number of cyclic esters (lactones) is 1. The van der Waals surface area contributed by atoms with Gasteiger partial charge in [-0.2, -0.15) is 0 Å². The van der Waals surface area contributed by atoms with Crippen molar-refractivity contribution in [2.24, 2.45) is 16.7 Å². The van der Waals surface area contributed by atoms with Crippen molar-refractivity contribution in [2.45, 2.75) is 95.3 Å². The maximum Gasteiger partial charge on any atom is 0.331 e. The summed E-state index contributed by atoms with van der Waals surface area (Å²) in [6.45, 7) is 7.40. The maximum atomic E-state index is 13.1. The lowest BCUT2D eigenvalue weighted by Gasteiger charge is -2.58. The standard InChI is InChI=1S/C29H40O10/c1-16-9-23-28(12-19(16)31)14-36-26(34)10-17(2)20(32)13-35-21(18(3)30)7-5-6-8-25(33)39-22-11-24(38-23)29(15-37-29)27(22,28)4/h5-9,17-24,30-32H,10-15H2,1-4H3/b7-5+,8-6-/t17-,18+,19?,20+,21+,22+,23?,24+,27+,28?,29-/m0/s1. The molecule has 1 saturated carbocycles. The van der Waals surface area contributed by atoms with Crippen molar-refractivity contribution in [1.82, 2.24) is 0 Å². The third kappa shape index (κ3) is 4.69. The van der Waals surface area contributed by atoms with Crippen LogP contribution in [0.2, 0.25) is 0 Å². The number of epoxide rings is 1. The molecule has 2 aliphatic carbocycles. The number of ether oxygens (including phenoxy) is 5. The first-order chi connectivity index (χ1) is 18.4. The molecule has 3 aliphatic heterocycles. The van der Waals surface area contributed by atoms with Crippen molar-refractivity contribution in [1.29, 1.82) is 0 Å². The van der Waals surface area contributed by atoms with Crippen molar-refractivity contribution in [2.75, 3.05) is 19.8 Å². The lowest BCUT2D eigenvalue weighted by molar-refractivity contribution is -0.239. The Morgan fingerprint density at radius 1 is 1.13 bits per heavy atom. The van der Waals surface area contributed by atoms with Gasteiger partial charge in [0.2, 0.25) is 0 Å². The van der Waals surface area contributed by atoms with Gasteiger partial charge in [-0.1, -0.05) is 38.2 Å². The summed E-state index contributed by atoms with van der Waals surface area (Å²) in [5.74, 6) is -1.53. The normalized spacial score (nSPS) is 49.0. The van der Waals surface area contributed by atoms with Gasteiger partial charge in [0.1, 0.15) is 24.4 Å². The van der Waals surface area contributed by atoms with E-state index in [9.17, 15) is 24.9 Å². The summed E-state index contributed by atoms with van der Waals surface area (Å²) < 4.78 is 30.2. The van der Waals surface area contributed by atoms with Gasteiger partial charge in [-0.15, -0.1) is 0 Å². The quantitative estimate of drug-likeness (QED) is 0.250. The molecule has 0 aromatic heterocycles. The number of esters is 2. The molecule has 10 heteroatoms. The molecule has 3 heterocycles. The molecule has 39 heavy (non-hydrogen) atoms.